The zero-order valence-electron chi connectivity index (χ0n) is 40.9. The van der Waals surface area contributed by atoms with Crippen molar-refractivity contribution in [1.29, 1.82) is 0 Å². The second-order valence-electron chi connectivity index (χ2n) is 19.1. The Morgan fingerprint density at radius 1 is 0.656 bits per heavy atom. The minimum Gasteiger partial charge on any atom is -0.461 e. The zero-order chi connectivity index (χ0) is 45.4. The van der Waals surface area contributed by atoms with Gasteiger partial charge in [0.05, 0.1) is 6.42 Å². The van der Waals surface area contributed by atoms with E-state index in [-0.39, 0.29) is 22.8 Å². The van der Waals surface area contributed by atoms with Crippen LogP contribution in [0.15, 0.2) is 117 Å². The van der Waals surface area contributed by atoms with Gasteiger partial charge in [-0.25, -0.2) is 0 Å². The Morgan fingerprint density at radius 3 is 1.52 bits per heavy atom. The van der Waals surface area contributed by atoms with Crippen LogP contribution in [0.1, 0.15) is 127 Å². The number of likely N-dealkylation sites (N-methyl/N-ethyl adjacent to an activating group) is 1. The molecule has 0 N–H and O–H groups in total. The van der Waals surface area contributed by atoms with Gasteiger partial charge in [0.1, 0.15) is 13.2 Å². The second kappa shape index (κ2) is 28.0. The molecule has 61 heavy (non-hydrogen) atoms. The van der Waals surface area contributed by atoms with Gasteiger partial charge in [0, 0.05) is 39.1 Å². The molecule has 0 atom stereocenters. The summed E-state index contributed by atoms with van der Waals surface area (Å²) in [7, 11) is 6.15. The fourth-order valence-corrected chi connectivity index (χ4v) is 7.94. The van der Waals surface area contributed by atoms with Gasteiger partial charge in [0.25, 0.3) is 0 Å². The third kappa shape index (κ3) is 22.8. The summed E-state index contributed by atoms with van der Waals surface area (Å²) in [4.78, 5) is 30.4. The van der Waals surface area contributed by atoms with E-state index in [0.29, 0.717) is 26.1 Å². The lowest BCUT2D eigenvalue weighted by Crippen LogP contribution is -2.45. The van der Waals surface area contributed by atoms with Gasteiger partial charge in [-0.15, -0.1) is 0 Å². The molecule has 7 heteroatoms. The molecule has 3 rings (SSSR count). The van der Waals surface area contributed by atoms with Gasteiger partial charge in [0.15, 0.2) is 0 Å². The first-order valence-electron chi connectivity index (χ1n) is 23.0. The number of carbonyl (C=O) groups is 2. The maximum Gasteiger partial charge on any atom is 0.307 e. The Bertz CT molecular complexity index is 1710. The number of hydrogen-bond acceptors (Lipinski definition) is 7. The van der Waals surface area contributed by atoms with Crippen molar-refractivity contribution >= 4 is 11.9 Å². The van der Waals surface area contributed by atoms with Crippen LogP contribution in [-0.4, -0.2) is 100 Å². The zero-order valence-corrected chi connectivity index (χ0v) is 40.9. The highest BCUT2D eigenvalue weighted by atomic mass is 16.5. The van der Waals surface area contributed by atoms with Gasteiger partial charge >= 0.3 is 11.9 Å². The third-order valence-electron chi connectivity index (χ3n) is 12.1. The smallest absolute Gasteiger partial charge is 0.307 e. The third-order valence-corrected chi connectivity index (χ3v) is 12.1. The highest BCUT2D eigenvalue weighted by molar-refractivity contribution is 5.70. The monoisotopic (exact) mass is 840 g/mol. The van der Waals surface area contributed by atoms with E-state index in [4.69, 9.17) is 9.47 Å². The van der Waals surface area contributed by atoms with Crippen LogP contribution in [-0.2, 0) is 19.1 Å². The summed E-state index contributed by atoms with van der Waals surface area (Å²) in [6.45, 7) is 28.8. The van der Waals surface area contributed by atoms with Crippen molar-refractivity contribution in [3.63, 3.8) is 0 Å². The maximum absolute atomic E-state index is 12.0. The number of esters is 2. The van der Waals surface area contributed by atoms with Gasteiger partial charge in [-0.05, 0) is 148 Å². The van der Waals surface area contributed by atoms with E-state index in [1.807, 2.05) is 46.2 Å². The number of ether oxygens (including phenoxy) is 2. The van der Waals surface area contributed by atoms with Crippen molar-refractivity contribution in [3.05, 3.63) is 117 Å². The van der Waals surface area contributed by atoms with Gasteiger partial charge < -0.3 is 24.2 Å². The highest BCUT2D eigenvalue weighted by Crippen LogP contribution is 2.41. The summed E-state index contributed by atoms with van der Waals surface area (Å²) in [5.74, 6) is -0.246. The predicted octanol–water partition coefficient (Wildman–Crippen LogP) is 12.1. The Balaban J connectivity index is 0.000000422. The number of nitrogens with zero attached hydrogens (tertiary/aromatic N) is 3. The molecular weight excluding hydrogens is 755 g/mol. The lowest BCUT2D eigenvalue weighted by atomic mass is 9.72. The van der Waals surface area contributed by atoms with E-state index in [9.17, 15) is 9.59 Å². The Kier molecular flexibility index (Phi) is 24.5. The predicted molar refractivity (Wildman–Crippen MR) is 261 cm³/mol. The molecule has 1 saturated heterocycles. The molecule has 0 aromatic rings. The van der Waals surface area contributed by atoms with Crippen molar-refractivity contribution in [3.8, 4) is 0 Å². The molecule has 7 nitrogen and oxygen atoms in total. The molecule has 0 amide bonds. The van der Waals surface area contributed by atoms with Crippen molar-refractivity contribution in [2.45, 2.75) is 127 Å². The number of carbonyl (C=O) groups excluding carboxylic acids is 2. The molecule has 0 bridgehead atoms. The average molecular weight is 840 g/mol. The summed E-state index contributed by atoms with van der Waals surface area (Å²) in [5.41, 5.74) is 11.2. The van der Waals surface area contributed by atoms with Crippen LogP contribution in [0, 0.1) is 10.8 Å². The molecule has 1 heterocycles. The lowest BCUT2D eigenvalue weighted by molar-refractivity contribution is -0.143. The van der Waals surface area contributed by atoms with Crippen molar-refractivity contribution < 1.29 is 19.1 Å². The first kappa shape index (κ1) is 53.4. The fourth-order valence-electron chi connectivity index (χ4n) is 7.94. The Labute approximate surface area is 373 Å². The first-order valence-corrected chi connectivity index (χ1v) is 23.0. The number of allylic oxidation sites excluding steroid dienone is 18. The maximum atomic E-state index is 12.0. The largest absolute Gasteiger partial charge is 0.461 e. The van der Waals surface area contributed by atoms with Gasteiger partial charge in [0.2, 0.25) is 0 Å². The first-order chi connectivity index (χ1) is 28.8. The van der Waals surface area contributed by atoms with Gasteiger partial charge in [-0.3, -0.25) is 9.59 Å². The van der Waals surface area contributed by atoms with Crippen LogP contribution in [0.3, 0.4) is 0 Å². The summed E-state index contributed by atoms with van der Waals surface area (Å²) in [6, 6.07) is 0. The van der Waals surface area contributed by atoms with E-state index < -0.39 is 0 Å². The molecule has 1 fully saturated rings. The molecule has 0 aromatic heterocycles. The fraction of sp³-hybridized carbons (Fsp3) is 0.593. The molecule has 340 valence electrons. The second-order valence-corrected chi connectivity index (χ2v) is 19.1. The van der Waals surface area contributed by atoms with Gasteiger partial charge in [-0.2, -0.15) is 0 Å². The van der Waals surface area contributed by atoms with E-state index >= 15 is 0 Å². The van der Waals surface area contributed by atoms with Crippen molar-refractivity contribution in [2.75, 3.05) is 73.6 Å². The van der Waals surface area contributed by atoms with Crippen LogP contribution in [0.25, 0.3) is 0 Å². The van der Waals surface area contributed by atoms with Crippen LogP contribution in [0.2, 0.25) is 0 Å². The molecule has 0 radical (unpaired) electrons. The molecule has 0 spiro atoms. The minimum absolute atomic E-state index is 0.118. The molecular formula is C54H85N3O4. The van der Waals surface area contributed by atoms with E-state index in [1.165, 1.54) is 72.0 Å². The number of piperazine rings is 1. The summed E-state index contributed by atoms with van der Waals surface area (Å²) < 4.78 is 10.6. The van der Waals surface area contributed by atoms with Gasteiger partial charge in [-0.1, -0.05) is 122 Å². The summed E-state index contributed by atoms with van der Waals surface area (Å²) in [6.07, 6.45) is 34.7. The van der Waals surface area contributed by atoms with Crippen LogP contribution < -0.4 is 0 Å². The lowest BCUT2D eigenvalue weighted by Gasteiger charge is -2.33. The van der Waals surface area contributed by atoms with E-state index in [0.717, 1.165) is 56.8 Å². The number of rotatable bonds is 19. The summed E-state index contributed by atoms with van der Waals surface area (Å²) >= 11 is 0. The van der Waals surface area contributed by atoms with Crippen molar-refractivity contribution in [2.24, 2.45) is 10.8 Å². The van der Waals surface area contributed by atoms with E-state index in [2.05, 4.69) is 132 Å². The standard InChI is InChI=1S/C28H44N2O2.C26H41NO2/c1-23(12-13-26-25(3)11-8-16-28(26,4)5)9-7-10-24(2)15-22-32-27(31)14-17-30-20-18-29(6)19-21-30;1-21(15-16-24-23(3)13-9-18-26(24,4)5)11-8-12-22(2)17-20-29-25(28)14-10-19-27(6)7/h7,9-10,12-13,15H,8,11,14,16-22H2,1-6H3;8,11-12,15-17H,9-10,13-14,18-20H2,1-7H3/b10-7+,13-12+,23-9+,24-15+;12-8+,16-15+,21-11+,22-17+. The highest BCUT2D eigenvalue weighted by Gasteiger charge is 2.27. The summed E-state index contributed by atoms with van der Waals surface area (Å²) in [5, 5.41) is 0. The topological polar surface area (TPSA) is 62.3 Å². The van der Waals surface area contributed by atoms with E-state index in [1.54, 1.807) is 0 Å². The average Bonchev–Trinajstić information content (AvgIpc) is 3.17. The molecule has 3 aliphatic rings. The number of hydrogen-bond donors (Lipinski definition) is 0. The molecule has 0 saturated carbocycles. The van der Waals surface area contributed by atoms with Crippen molar-refractivity contribution in [1.82, 2.24) is 14.7 Å². The molecule has 2 aliphatic carbocycles. The van der Waals surface area contributed by atoms with Crippen LogP contribution in [0.4, 0.5) is 0 Å². The Hall–Kier alpha value is -3.78. The normalized spacial score (nSPS) is 20.1. The molecule has 0 aromatic carbocycles. The van der Waals surface area contributed by atoms with Crippen LogP contribution in [0.5, 0.6) is 0 Å². The molecule has 0 unspecified atom stereocenters. The Morgan fingerprint density at radius 2 is 1.10 bits per heavy atom. The minimum atomic E-state index is -0.129. The van der Waals surface area contributed by atoms with Crippen LogP contribution >= 0.6 is 0 Å². The SMILES string of the molecule is CC1=C(/C=C/C(C)=C/C=C/C(C)=C/COC(=O)CCCN(C)C)C(C)(C)CCC1.CC1=C(/C=C/C(C)=C/C=C/C(C)=C/COC(=O)CCN2CCN(C)CC2)C(C)(C)CCC1. The molecule has 1 aliphatic heterocycles. The quantitative estimate of drug-likeness (QED) is 0.0948.